The van der Waals surface area contributed by atoms with Gasteiger partial charge in [-0.15, -0.1) is 0 Å². The van der Waals surface area contributed by atoms with Gasteiger partial charge >= 0.3 is 0 Å². The molecule has 0 atom stereocenters. The van der Waals surface area contributed by atoms with Gasteiger partial charge in [-0.1, -0.05) is 204 Å². The van der Waals surface area contributed by atoms with E-state index in [1.807, 2.05) is 0 Å². The lowest BCUT2D eigenvalue weighted by Gasteiger charge is -2.33. The van der Waals surface area contributed by atoms with Gasteiger partial charge in [-0.2, -0.15) is 0 Å². The van der Waals surface area contributed by atoms with Gasteiger partial charge < -0.3 is 4.90 Å². The van der Waals surface area contributed by atoms with Crippen molar-refractivity contribution in [1.29, 1.82) is 0 Å². The highest BCUT2D eigenvalue weighted by Gasteiger charge is 2.52. The molecule has 0 saturated heterocycles. The number of nitrogens with zero attached hydrogens (tertiary/aromatic N) is 1. The van der Waals surface area contributed by atoms with E-state index in [0.29, 0.717) is 0 Å². The molecule has 0 saturated carbocycles. The van der Waals surface area contributed by atoms with E-state index in [1.165, 1.54) is 106 Å². The number of para-hydroxylation sites is 1. The summed E-state index contributed by atoms with van der Waals surface area (Å²) in [5.41, 5.74) is 26.7. The third-order valence-corrected chi connectivity index (χ3v) is 15.1. The fraction of sp³-hybridized carbons (Fsp3) is 0.115. The summed E-state index contributed by atoms with van der Waals surface area (Å²) in [6.07, 6.45) is 0. The van der Waals surface area contributed by atoms with Gasteiger partial charge in [0.2, 0.25) is 0 Å². The van der Waals surface area contributed by atoms with E-state index in [0.717, 1.165) is 11.4 Å². The number of fused-ring (bicyclic) bond motifs is 16. The van der Waals surface area contributed by atoms with Crippen molar-refractivity contribution in [3.05, 3.63) is 245 Å². The van der Waals surface area contributed by atoms with Gasteiger partial charge in [0, 0.05) is 27.6 Å². The van der Waals surface area contributed by atoms with E-state index >= 15 is 0 Å². The average molecular weight is 792 g/mol. The van der Waals surface area contributed by atoms with Crippen LogP contribution in [0.4, 0.5) is 17.1 Å². The fourth-order valence-electron chi connectivity index (χ4n) is 12.4. The Morgan fingerprint density at radius 2 is 0.677 bits per heavy atom. The van der Waals surface area contributed by atoms with Crippen LogP contribution in [-0.2, 0) is 16.2 Å². The maximum Gasteiger partial charge on any atom is 0.0726 e. The first-order valence-electron chi connectivity index (χ1n) is 22.1. The lowest BCUT2D eigenvalue weighted by atomic mass is 9.70. The molecule has 0 aromatic heterocycles. The zero-order valence-corrected chi connectivity index (χ0v) is 35.5. The van der Waals surface area contributed by atoms with Crippen LogP contribution in [0.3, 0.4) is 0 Å². The SMILES string of the molecule is CC1(C)c2ccccc2-c2ccc(N(c3ccccc3-c3cccc4c3-c3ccccc3C4(C)C)c3cccc4c3-c3ccccc3C43c4ccccc4-c4ccccc43)cc21. The fourth-order valence-corrected chi connectivity index (χ4v) is 12.4. The number of hydrogen-bond acceptors (Lipinski definition) is 1. The van der Waals surface area contributed by atoms with Crippen LogP contribution < -0.4 is 4.90 Å². The number of anilines is 3. The molecule has 0 aliphatic heterocycles. The van der Waals surface area contributed by atoms with Crippen LogP contribution in [0.5, 0.6) is 0 Å². The van der Waals surface area contributed by atoms with Crippen molar-refractivity contribution in [2.45, 2.75) is 43.9 Å². The van der Waals surface area contributed by atoms with Crippen molar-refractivity contribution in [3.8, 4) is 55.6 Å². The number of rotatable bonds is 4. The molecular weight excluding hydrogens is 747 g/mol. The molecule has 1 heteroatoms. The minimum absolute atomic E-state index is 0.108. The molecule has 1 spiro atoms. The molecule has 0 radical (unpaired) electrons. The Bertz CT molecular complexity index is 3330. The second kappa shape index (κ2) is 12.4. The lowest BCUT2D eigenvalue weighted by Crippen LogP contribution is -2.26. The Morgan fingerprint density at radius 1 is 0.274 bits per heavy atom. The topological polar surface area (TPSA) is 3.24 Å². The van der Waals surface area contributed by atoms with Crippen LogP contribution in [0, 0.1) is 0 Å². The first-order chi connectivity index (χ1) is 30.3. The molecule has 13 rings (SSSR count). The van der Waals surface area contributed by atoms with Gasteiger partial charge in [0.05, 0.1) is 16.8 Å². The predicted octanol–water partition coefficient (Wildman–Crippen LogP) is 15.8. The molecule has 0 heterocycles. The maximum atomic E-state index is 2.60. The second-order valence-electron chi connectivity index (χ2n) is 18.7. The third-order valence-electron chi connectivity index (χ3n) is 15.1. The monoisotopic (exact) mass is 791 g/mol. The Balaban J connectivity index is 1.12. The lowest BCUT2D eigenvalue weighted by molar-refractivity contribution is 0.660. The third kappa shape index (κ3) is 4.38. The van der Waals surface area contributed by atoms with E-state index < -0.39 is 5.41 Å². The molecule has 0 fully saturated rings. The normalized spacial score (nSPS) is 15.5. The summed E-state index contributed by atoms with van der Waals surface area (Å²) in [6.45, 7) is 9.54. The highest BCUT2D eigenvalue weighted by molar-refractivity contribution is 6.04. The van der Waals surface area contributed by atoms with Crippen LogP contribution in [0.1, 0.15) is 72.2 Å². The summed E-state index contributed by atoms with van der Waals surface area (Å²) in [6, 6.07) is 75.9. The molecule has 0 amide bonds. The molecule has 9 aromatic carbocycles. The van der Waals surface area contributed by atoms with Gasteiger partial charge in [0.25, 0.3) is 0 Å². The molecular formula is C61H45N. The first-order valence-corrected chi connectivity index (χ1v) is 22.1. The summed E-state index contributed by atoms with van der Waals surface area (Å²) >= 11 is 0. The van der Waals surface area contributed by atoms with E-state index in [4.69, 9.17) is 0 Å². The number of hydrogen-bond donors (Lipinski definition) is 0. The summed E-state index contributed by atoms with van der Waals surface area (Å²) in [5, 5.41) is 0. The maximum absolute atomic E-state index is 2.60. The zero-order valence-electron chi connectivity index (χ0n) is 35.5. The van der Waals surface area contributed by atoms with Crippen LogP contribution in [0.2, 0.25) is 0 Å². The highest BCUT2D eigenvalue weighted by Crippen LogP contribution is 2.65. The highest BCUT2D eigenvalue weighted by atomic mass is 15.1. The van der Waals surface area contributed by atoms with Crippen molar-refractivity contribution in [3.63, 3.8) is 0 Å². The summed E-state index contributed by atoms with van der Waals surface area (Å²) in [4.78, 5) is 2.60. The minimum Gasteiger partial charge on any atom is -0.309 e. The summed E-state index contributed by atoms with van der Waals surface area (Å²) < 4.78 is 0. The van der Waals surface area contributed by atoms with Gasteiger partial charge in [-0.05, 0) is 113 Å². The molecule has 0 N–H and O–H groups in total. The van der Waals surface area contributed by atoms with Crippen LogP contribution >= 0.6 is 0 Å². The van der Waals surface area contributed by atoms with Crippen LogP contribution in [0.15, 0.2) is 200 Å². The number of benzene rings is 9. The largest absolute Gasteiger partial charge is 0.309 e. The second-order valence-corrected chi connectivity index (χ2v) is 18.7. The molecule has 0 unspecified atom stereocenters. The van der Waals surface area contributed by atoms with E-state index in [9.17, 15) is 0 Å². The van der Waals surface area contributed by atoms with Gasteiger partial charge in [0.15, 0.2) is 0 Å². The minimum atomic E-state index is -0.447. The average Bonchev–Trinajstić information content (AvgIpc) is 3.95. The standard InChI is InChI=1S/C61H45N/c1-59(2)48-27-12-8-23-45(48)57-44(25-17-31-52(57)59)43-22-10-16-33-55(43)62(38-35-36-42-39-19-5-11-26-47(39)60(3,4)54(42)37-38)56-34-18-32-53-58(56)46-24-9-15-30-51(46)61(53)49-28-13-6-20-40(49)41-21-7-14-29-50(41)61/h5-37H,1-4H3. The van der Waals surface area contributed by atoms with Gasteiger partial charge in [-0.3, -0.25) is 0 Å². The zero-order chi connectivity index (χ0) is 41.5. The van der Waals surface area contributed by atoms with Crippen molar-refractivity contribution in [2.24, 2.45) is 0 Å². The van der Waals surface area contributed by atoms with Crippen LogP contribution in [0.25, 0.3) is 55.6 Å². The first kappa shape index (κ1) is 35.5. The van der Waals surface area contributed by atoms with Crippen molar-refractivity contribution in [1.82, 2.24) is 0 Å². The van der Waals surface area contributed by atoms with E-state index in [-0.39, 0.29) is 10.8 Å². The van der Waals surface area contributed by atoms with E-state index in [2.05, 4.69) is 233 Å². The Hall–Kier alpha value is -7.22. The molecule has 294 valence electrons. The molecule has 0 bridgehead atoms. The molecule has 62 heavy (non-hydrogen) atoms. The molecule has 9 aromatic rings. The molecule has 4 aliphatic carbocycles. The molecule has 1 nitrogen and oxygen atoms in total. The van der Waals surface area contributed by atoms with E-state index in [1.54, 1.807) is 0 Å². The smallest absolute Gasteiger partial charge is 0.0726 e. The Kier molecular flexibility index (Phi) is 7.12. The van der Waals surface area contributed by atoms with Crippen molar-refractivity contribution in [2.75, 3.05) is 4.90 Å². The Morgan fingerprint density at radius 3 is 1.34 bits per heavy atom. The van der Waals surface area contributed by atoms with Crippen molar-refractivity contribution >= 4 is 17.1 Å². The quantitative estimate of drug-likeness (QED) is 0.172. The van der Waals surface area contributed by atoms with Crippen molar-refractivity contribution < 1.29 is 0 Å². The summed E-state index contributed by atoms with van der Waals surface area (Å²) in [7, 11) is 0. The van der Waals surface area contributed by atoms with Gasteiger partial charge in [0.1, 0.15) is 0 Å². The van der Waals surface area contributed by atoms with Crippen LogP contribution in [-0.4, -0.2) is 0 Å². The predicted molar refractivity (Wildman–Crippen MR) is 258 cm³/mol. The Labute approximate surface area is 364 Å². The molecule has 4 aliphatic rings. The summed E-state index contributed by atoms with van der Waals surface area (Å²) in [5.74, 6) is 0. The van der Waals surface area contributed by atoms with Gasteiger partial charge in [-0.25, -0.2) is 0 Å².